The summed E-state index contributed by atoms with van der Waals surface area (Å²) in [6.45, 7) is 11.8. The Morgan fingerprint density at radius 3 is 2.41 bits per heavy atom. The molecule has 0 aliphatic carbocycles. The topological polar surface area (TPSA) is 56.3 Å². The second kappa shape index (κ2) is 9.04. The summed E-state index contributed by atoms with van der Waals surface area (Å²) >= 11 is 0. The van der Waals surface area contributed by atoms with Crippen LogP contribution in [0, 0.1) is 12.8 Å². The SMILES string of the molecule is Cc1cc(NCCC(C)C)nc(Nc2ccc(N3CCN(C)CC3)cc2)n1. The van der Waals surface area contributed by atoms with Gasteiger partial charge in [-0.05, 0) is 50.6 Å². The summed E-state index contributed by atoms with van der Waals surface area (Å²) < 4.78 is 0. The van der Waals surface area contributed by atoms with Gasteiger partial charge in [-0.25, -0.2) is 4.98 Å². The van der Waals surface area contributed by atoms with E-state index in [1.165, 1.54) is 5.69 Å². The molecule has 0 unspecified atom stereocenters. The number of hydrogen-bond donors (Lipinski definition) is 2. The second-order valence-corrected chi connectivity index (χ2v) is 7.79. The minimum atomic E-state index is 0.634. The van der Waals surface area contributed by atoms with Gasteiger partial charge in [-0.15, -0.1) is 0 Å². The number of nitrogens with zero attached hydrogens (tertiary/aromatic N) is 4. The van der Waals surface area contributed by atoms with Gasteiger partial charge in [0.05, 0.1) is 0 Å². The van der Waals surface area contributed by atoms with Gasteiger partial charge >= 0.3 is 0 Å². The molecule has 27 heavy (non-hydrogen) atoms. The fourth-order valence-electron chi connectivity index (χ4n) is 3.15. The van der Waals surface area contributed by atoms with Crippen LogP contribution >= 0.6 is 0 Å². The monoisotopic (exact) mass is 368 g/mol. The van der Waals surface area contributed by atoms with E-state index < -0.39 is 0 Å². The quantitative estimate of drug-likeness (QED) is 0.776. The van der Waals surface area contributed by atoms with Gasteiger partial charge in [0.15, 0.2) is 0 Å². The molecule has 0 amide bonds. The first-order valence-corrected chi connectivity index (χ1v) is 9.90. The number of aryl methyl sites for hydroxylation is 1. The van der Waals surface area contributed by atoms with Crippen LogP contribution in [0.25, 0.3) is 0 Å². The number of rotatable bonds is 7. The maximum Gasteiger partial charge on any atom is 0.229 e. The molecule has 1 fully saturated rings. The highest BCUT2D eigenvalue weighted by Gasteiger charge is 2.14. The van der Waals surface area contributed by atoms with E-state index in [2.05, 4.69) is 75.6 Å². The third-order valence-electron chi connectivity index (χ3n) is 4.87. The first-order chi connectivity index (χ1) is 13.0. The number of aromatic nitrogens is 2. The smallest absolute Gasteiger partial charge is 0.229 e. The van der Waals surface area contributed by atoms with Gasteiger partial charge in [-0.2, -0.15) is 4.98 Å². The molecule has 2 heterocycles. The normalized spacial score (nSPS) is 15.2. The van der Waals surface area contributed by atoms with Crippen molar-refractivity contribution in [3.63, 3.8) is 0 Å². The molecule has 0 atom stereocenters. The fourth-order valence-corrected chi connectivity index (χ4v) is 3.15. The Morgan fingerprint density at radius 1 is 1.04 bits per heavy atom. The van der Waals surface area contributed by atoms with Crippen molar-refractivity contribution in [2.45, 2.75) is 27.2 Å². The molecule has 1 aromatic heterocycles. The molecule has 3 rings (SSSR count). The number of nitrogens with one attached hydrogen (secondary N) is 2. The van der Waals surface area contributed by atoms with Gasteiger partial charge in [0, 0.05) is 55.9 Å². The number of piperazine rings is 1. The predicted octanol–water partition coefficient (Wildman–Crippen LogP) is 3.74. The molecule has 1 aliphatic rings. The van der Waals surface area contributed by atoms with Gasteiger partial charge in [0.1, 0.15) is 5.82 Å². The highest BCUT2D eigenvalue weighted by molar-refractivity contribution is 5.60. The molecule has 1 saturated heterocycles. The summed E-state index contributed by atoms with van der Waals surface area (Å²) in [5, 5.41) is 6.73. The lowest BCUT2D eigenvalue weighted by Gasteiger charge is -2.34. The van der Waals surface area contributed by atoms with Gasteiger partial charge in [0.25, 0.3) is 0 Å². The van der Waals surface area contributed by atoms with Crippen LogP contribution in [0.1, 0.15) is 26.0 Å². The van der Waals surface area contributed by atoms with E-state index in [1.54, 1.807) is 0 Å². The molecule has 2 N–H and O–H groups in total. The molecule has 2 aromatic rings. The molecule has 1 aliphatic heterocycles. The Bertz CT molecular complexity index is 720. The van der Waals surface area contributed by atoms with Crippen LogP contribution in [0.4, 0.5) is 23.1 Å². The van der Waals surface area contributed by atoms with Crippen LogP contribution in [-0.2, 0) is 0 Å². The van der Waals surface area contributed by atoms with Crippen LogP contribution in [-0.4, -0.2) is 54.6 Å². The van der Waals surface area contributed by atoms with Crippen LogP contribution in [0.3, 0.4) is 0 Å². The Kier molecular flexibility index (Phi) is 6.50. The van der Waals surface area contributed by atoms with Crippen molar-refractivity contribution in [2.75, 3.05) is 55.3 Å². The number of anilines is 4. The minimum Gasteiger partial charge on any atom is -0.370 e. The third kappa shape index (κ3) is 5.82. The minimum absolute atomic E-state index is 0.634. The fraction of sp³-hybridized carbons (Fsp3) is 0.524. The summed E-state index contributed by atoms with van der Waals surface area (Å²) in [7, 11) is 2.18. The summed E-state index contributed by atoms with van der Waals surface area (Å²) in [5.41, 5.74) is 3.23. The third-order valence-corrected chi connectivity index (χ3v) is 4.87. The summed E-state index contributed by atoms with van der Waals surface area (Å²) in [5.74, 6) is 2.19. The van der Waals surface area contributed by atoms with Crippen LogP contribution in [0.15, 0.2) is 30.3 Å². The lowest BCUT2D eigenvalue weighted by molar-refractivity contribution is 0.313. The molecule has 6 heteroatoms. The molecule has 1 aromatic carbocycles. The molecular formula is C21H32N6. The molecule has 0 radical (unpaired) electrons. The Balaban J connectivity index is 1.62. The van der Waals surface area contributed by atoms with E-state index in [9.17, 15) is 0 Å². The standard InChI is InChI=1S/C21H32N6/c1-16(2)9-10-22-20-15-17(3)23-21(25-20)24-18-5-7-19(8-6-18)27-13-11-26(4)12-14-27/h5-8,15-16H,9-14H2,1-4H3,(H2,22,23,24,25). The maximum atomic E-state index is 4.60. The highest BCUT2D eigenvalue weighted by Crippen LogP contribution is 2.21. The van der Waals surface area contributed by atoms with E-state index in [-0.39, 0.29) is 0 Å². The van der Waals surface area contributed by atoms with Gasteiger partial charge in [-0.3, -0.25) is 0 Å². The number of benzene rings is 1. The zero-order valence-corrected chi connectivity index (χ0v) is 17.0. The maximum absolute atomic E-state index is 4.60. The van der Waals surface area contributed by atoms with Crippen LogP contribution in [0.2, 0.25) is 0 Å². The largest absolute Gasteiger partial charge is 0.370 e. The summed E-state index contributed by atoms with van der Waals surface area (Å²) in [6.07, 6.45) is 1.12. The molecule has 0 bridgehead atoms. The lowest BCUT2D eigenvalue weighted by Crippen LogP contribution is -2.44. The predicted molar refractivity (Wildman–Crippen MR) is 114 cm³/mol. The lowest BCUT2D eigenvalue weighted by atomic mass is 10.1. The Hall–Kier alpha value is -2.34. The summed E-state index contributed by atoms with van der Waals surface area (Å²) in [6, 6.07) is 10.5. The summed E-state index contributed by atoms with van der Waals surface area (Å²) in [4.78, 5) is 13.9. The van der Waals surface area contributed by atoms with Crippen LogP contribution in [0.5, 0.6) is 0 Å². The molecule has 0 spiro atoms. The zero-order valence-electron chi connectivity index (χ0n) is 17.0. The van der Waals surface area contributed by atoms with Crippen molar-refractivity contribution >= 4 is 23.1 Å². The second-order valence-electron chi connectivity index (χ2n) is 7.79. The van der Waals surface area contributed by atoms with Crippen molar-refractivity contribution in [3.8, 4) is 0 Å². The number of likely N-dealkylation sites (N-methyl/N-ethyl adjacent to an activating group) is 1. The molecule has 0 saturated carbocycles. The van der Waals surface area contributed by atoms with E-state index >= 15 is 0 Å². The van der Waals surface area contributed by atoms with Crippen molar-refractivity contribution < 1.29 is 0 Å². The Labute approximate surface area is 163 Å². The first-order valence-electron chi connectivity index (χ1n) is 9.90. The van der Waals surface area contributed by atoms with Crippen molar-refractivity contribution in [2.24, 2.45) is 5.92 Å². The van der Waals surface area contributed by atoms with Crippen molar-refractivity contribution in [1.82, 2.24) is 14.9 Å². The van der Waals surface area contributed by atoms with E-state index in [4.69, 9.17) is 0 Å². The number of hydrogen-bond acceptors (Lipinski definition) is 6. The average Bonchev–Trinajstić information content (AvgIpc) is 2.62. The highest BCUT2D eigenvalue weighted by atomic mass is 15.2. The van der Waals surface area contributed by atoms with Crippen LogP contribution < -0.4 is 15.5 Å². The van der Waals surface area contributed by atoms with Gasteiger partial charge < -0.3 is 20.4 Å². The zero-order chi connectivity index (χ0) is 19.2. The first kappa shape index (κ1) is 19.4. The van der Waals surface area contributed by atoms with Crippen molar-refractivity contribution in [1.29, 1.82) is 0 Å². The van der Waals surface area contributed by atoms with Gasteiger partial charge in [-0.1, -0.05) is 13.8 Å². The molecule has 146 valence electrons. The molecular weight excluding hydrogens is 336 g/mol. The molecule has 6 nitrogen and oxygen atoms in total. The van der Waals surface area contributed by atoms with E-state index in [0.717, 1.165) is 56.3 Å². The Morgan fingerprint density at radius 2 is 1.74 bits per heavy atom. The van der Waals surface area contributed by atoms with Gasteiger partial charge in [0.2, 0.25) is 5.95 Å². The average molecular weight is 369 g/mol. The van der Waals surface area contributed by atoms with Crippen molar-refractivity contribution in [3.05, 3.63) is 36.0 Å². The van der Waals surface area contributed by atoms with E-state index in [1.807, 2.05) is 13.0 Å². The van der Waals surface area contributed by atoms with E-state index in [0.29, 0.717) is 11.9 Å².